The number of aryl methyl sites for hydroxylation is 6. The van der Waals surface area contributed by atoms with Gasteiger partial charge in [-0.2, -0.15) is 0 Å². The summed E-state index contributed by atoms with van der Waals surface area (Å²) in [5.74, 6) is 1.76. The van der Waals surface area contributed by atoms with Crippen molar-refractivity contribution in [2.24, 2.45) is 0 Å². The zero-order valence-corrected chi connectivity index (χ0v) is 22.7. The first-order valence-electron chi connectivity index (χ1n) is 12.6. The van der Waals surface area contributed by atoms with Crippen LogP contribution in [0.5, 0.6) is 11.5 Å². The van der Waals surface area contributed by atoms with Crippen molar-refractivity contribution in [1.29, 1.82) is 0 Å². The van der Waals surface area contributed by atoms with Crippen LogP contribution in [0.3, 0.4) is 0 Å². The van der Waals surface area contributed by atoms with Gasteiger partial charge in [0, 0.05) is 5.41 Å². The Morgan fingerprint density at radius 1 is 0.514 bits per heavy atom. The van der Waals surface area contributed by atoms with Gasteiger partial charge in [-0.05, 0) is 106 Å². The van der Waals surface area contributed by atoms with Gasteiger partial charge in [0.1, 0.15) is 11.5 Å². The molecule has 182 valence electrons. The van der Waals surface area contributed by atoms with Crippen LogP contribution in [0.15, 0.2) is 84.9 Å². The summed E-state index contributed by atoms with van der Waals surface area (Å²) in [5, 5.41) is 0. The normalized spacial score (nSPS) is 11.0. The van der Waals surface area contributed by atoms with Crippen LogP contribution in [0, 0.1) is 41.5 Å². The van der Waals surface area contributed by atoms with Gasteiger partial charge in [-0.3, -0.25) is 0 Å². The van der Waals surface area contributed by atoms with E-state index in [-0.39, 0.29) is 5.41 Å². The largest absolute Gasteiger partial charge is 0.457 e. The van der Waals surface area contributed by atoms with E-state index in [2.05, 4.69) is 91.8 Å². The monoisotopic (exact) mass is 464 g/mol. The molecular weight excluding hydrogens is 424 g/mol. The smallest absolute Gasteiger partial charge is 0.127 e. The van der Waals surface area contributed by atoms with E-state index in [0.29, 0.717) is 0 Å². The molecule has 4 aromatic carbocycles. The second kappa shape index (κ2) is 11.4. The molecule has 0 aromatic heterocycles. The fourth-order valence-corrected chi connectivity index (χ4v) is 4.09. The van der Waals surface area contributed by atoms with Gasteiger partial charge < -0.3 is 4.74 Å². The van der Waals surface area contributed by atoms with E-state index in [0.717, 1.165) is 17.9 Å². The van der Waals surface area contributed by atoms with Crippen LogP contribution < -0.4 is 4.74 Å². The Bertz CT molecular complexity index is 1150. The van der Waals surface area contributed by atoms with Crippen LogP contribution in [-0.4, -0.2) is 0 Å². The molecule has 35 heavy (non-hydrogen) atoms. The molecular formula is C34H40O. The fraction of sp³-hybridized carbons (Fsp3) is 0.294. The Hall–Kier alpha value is -3.32. The summed E-state index contributed by atoms with van der Waals surface area (Å²) in [5.41, 5.74) is 10.9. The van der Waals surface area contributed by atoms with Crippen LogP contribution in [-0.2, 0) is 5.41 Å². The molecule has 0 unspecified atom stereocenters. The molecule has 0 spiro atoms. The lowest BCUT2D eigenvalue weighted by Gasteiger charge is -2.31. The van der Waals surface area contributed by atoms with Crippen LogP contribution in [0.2, 0.25) is 0 Å². The van der Waals surface area contributed by atoms with E-state index in [1.165, 1.54) is 44.5 Å². The second-order valence-corrected chi connectivity index (χ2v) is 10.0. The van der Waals surface area contributed by atoms with Crippen molar-refractivity contribution in [1.82, 2.24) is 0 Å². The van der Waals surface area contributed by atoms with Crippen LogP contribution in [0.1, 0.15) is 64.8 Å². The highest BCUT2D eigenvalue weighted by molar-refractivity contribution is 5.44. The van der Waals surface area contributed by atoms with Gasteiger partial charge in [0.25, 0.3) is 0 Å². The summed E-state index contributed by atoms with van der Waals surface area (Å²) >= 11 is 0. The van der Waals surface area contributed by atoms with Crippen molar-refractivity contribution in [3.63, 3.8) is 0 Å². The van der Waals surface area contributed by atoms with Gasteiger partial charge in [0.15, 0.2) is 0 Å². The molecule has 4 aromatic rings. The lowest BCUT2D eigenvalue weighted by molar-refractivity contribution is 0.482. The van der Waals surface area contributed by atoms with Gasteiger partial charge >= 0.3 is 0 Å². The van der Waals surface area contributed by atoms with E-state index in [4.69, 9.17) is 4.74 Å². The molecule has 0 fully saturated rings. The predicted octanol–water partition coefficient (Wildman–Crippen LogP) is 9.73. The Labute approximate surface area is 212 Å². The maximum atomic E-state index is 5.69. The van der Waals surface area contributed by atoms with Gasteiger partial charge in [-0.1, -0.05) is 85.6 Å². The minimum atomic E-state index is 0.0942. The maximum Gasteiger partial charge on any atom is 0.127 e. The third-order valence-electron chi connectivity index (χ3n) is 7.27. The molecule has 0 amide bonds. The first kappa shape index (κ1) is 26.3. The molecule has 0 saturated carbocycles. The van der Waals surface area contributed by atoms with Gasteiger partial charge in [0.2, 0.25) is 0 Å². The molecule has 0 heterocycles. The second-order valence-electron chi connectivity index (χ2n) is 10.0. The molecule has 1 nitrogen and oxygen atoms in total. The SMILES string of the molecule is CCC(C)(c1ccc(C)c(C)c1)c1ccc(C)c(C)c1.Cc1ccc(Oc2ccc(C)cc2)cc1. The van der Waals surface area contributed by atoms with E-state index in [9.17, 15) is 0 Å². The molecule has 0 radical (unpaired) electrons. The highest BCUT2D eigenvalue weighted by atomic mass is 16.5. The zero-order chi connectivity index (χ0) is 25.6. The standard InChI is InChI=1S/C20H26.C14H14O/c1-7-20(6,18-10-8-14(2)16(4)12-18)19-11-9-15(3)17(5)13-19;1-11-3-7-13(8-4-11)15-14-9-5-12(2)6-10-14/h8-13H,7H2,1-6H3;3-10H,1-2H3. The highest BCUT2D eigenvalue weighted by Crippen LogP contribution is 2.36. The average molecular weight is 465 g/mol. The van der Waals surface area contributed by atoms with E-state index < -0.39 is 0 Å². The van der Waals surface area contributed by atoms with Crippen molar-refractivity contribution in [2.45, 2.75) is 67.2 Å². The topological polar surface area (TPSA) is 9.23 Å². The predicted molar refractivity (Wildman–Crippen MR) is 151 cm³/mol. The highest BCUT2D eigenvalue weighted by Gasteiger charge is 2.27. The lowest BCUT2D eigenvalue weighted by atomic mass is 9.73. The molecule has 1 heteroatoms. The Morgan fingerprint density at radius 2 is 0.886 bits per heavy atom. The van der Waals surface area contributed by atoms with Crippen LogP contribution >= 0.6 is 0 Å². The van der Waals surface area contributed by atoms with Crippen molar-refractivity contribution < 1.29 is 4.74 Å². The summed E-state index contributed by atoms with van der Waals surface area (Å²) in [6.07, 6.45) is 1.11. The van der Waals surface area contributed by atoms with Crippen molar-refractivity contribution in [3.8, 4) is 11.5 Å². The quantitative estimate of drug-likeness (QED) is 0.285. The third-order valence-corrected chi connectivity index (χ3v) is 7.27. The van der Waals surface area contributed by atoms with Gasteiger partial charge in [0.05, 0.1) is 0 Å². The first-order valence-corrected chi connectivity index (χ1v) is 12.6. The Morgan fingerprint density at radius 3 is 1.20 bits per heavy atom. The summed E-state index contributed by atoms with van der Waals surface area (Å²) in [6, 6.07) is 29.9. The number of rotatable bonds is 5. The first-order chi connectivity index (χ1) is 16.6. The van der Waals surface area contributed by atoms with Crippen LogP contribution in [0.25, 0.3) is 0 Å². The molecule has 0 saturated heterocycles. The zero-order valence-electron chi connectivity index (χ0n) is 22.7. The summed E-state index contributed by atoms with van der Waals surface area (Å²) in [7, 11) is 0. The lowest BCUT2D eigenvalue weighted by Crippen LogP contribution is -2.23. The van der Waals surface area contributed by atoms with Crippen molar-refractivity contribution in [2.75, 3.05) is 0 Å². The summed E-state index contributed by atoms with van der Waals surface area (Å²) in [6.45, 7) is 17.5. The minimum Gasteiger partial charge on any atom is -0.457 e. The van der Waals surface area contributed by atoms with Gasteiger partial charge in [-0.25, -0.2) is 0 Å². The molecule has 0 aliphatic carbocycles. The van der Waals surface area contributed by atoms with Crippen molar-refractivity contribution >= 4 is 0 Å². The van der Waals surface area contributed by atoms with Crippen molar-refractivity contribution in [3.05, 3.63) is 129 Å². The number of ether oxygens (including phenoxy) is 1. The molecule has 0 aliphatic rings. The molecule has 0 bridgehead atoms. The Balaban J connectivity index is 0.000000203. The maximum absolute atomic E-state index is 5.69. The van der Waals surface area contributed by atoms with E-state index in [1.807, 2.05) is 48.5 Å². The van der Waals surface area contributed by atoms with E-state index >= 15 is 0 Å². The average Bonchev–Trinajstić information content (AvgIpc) is 2.85. The molecule has 0 atom stereocenters. The summed E-state index contributed by atoms with van der Waals surface area (Å²) < 4.78 is 5.69. The van der Waals surface area contributed by atoms with Crippen LogP contribution in [0.4, 0.5) is 0 Å². The summed E-state index contributed by atoms with van der Waals surface area (Å²) in [4.78, 5) is 0. The third kappa shape index (κ3) is 6.63. The number of benzene rings is 4. The molecule has 0 N–H and O–H groups in total. The molecule has 0 aliphatic heterocycles. The Kier molecular flexibility index (Phi) is 8.57. The number of hydrogen-bond donors (Lipinski definition) is 0. The fourth-order valence-electron chi connectivity index (χ4n) is 4.09. The minimum absolute atomic E-state index is 0.0942. The number of hydrogen-bond acceptors (Lipinski definition) is 1. The molecule has 4 rings (SSSR count). The van der Waals surface area contributed by atoms with E-state index in [1.54, 1.807) is 0 Å². The van der Waals surface area contributed by atoms with Gasteiger partial charge in [-0.15, -0.1) is 0 Å².